The minimum atomic E-state index is -0.609. The summed E-state index contributed by atoms with van der Waals surface area (Å²) in [6.07, 6.45) is 2.70. The van der Waals surface area contributed by atoms with Crippen LogP contribution in [0.4, 0.5) is 15.9 Å². The van der Waals surface area contributed by atoms with Gasteiger partial charge in [0.2, 0.25) is 0 Å². The molecular formula is C21H25ClFN5O. The monoisotopic (exact) mass is 417 g/mol. The molecule has 0 fully saturated rings. The van der Waals surface area contributed by atoms with Crippen LogP contribution in [0, 0.1) is 5.82 Å². The van der Waals surface area contributed by atoms with Gasteiger partial charge in [0, 0.05) is 41.9 Å². The van der Waals surface area contributed by atoms with E-state index in [0.717, 1.165) is 42.3 Å². The zero-order chi connectivity index (χ0) is 21.1. The number of halogens is 2. The molecule has 0 saturated heterocycles. The van der Waals surface area contributed by atoms with E-state index in [9.17, 15) is 9.18 Å². The van der Waals surface area contributed by atoms with Gasteiger partial charge in [0.1, 0.15) is 11.6 Å². The Balaban J connectivity index is 2.03. The molecule has 0 atom stereocenters. The number of hydrogen-bond acceptors (Lipinski definition) is 5. The molecule has 0 amide bonds. The molecule has 3 aromatic rings. The second kappa shape index (κ2) is 8.80. The smallest absolute Gasteiger partial charge is 0.258 e. The molecule has 0 radical (unpaired) electrons. The molecule has 29 heavy (non-hydrogen) atoms. The fourth-order valence-corrected chi connectivity index (χ4v) is 3.51. The Morgan fingerprint density at radius 3 is 2.69 bits per heavy atom. The summed E-state index contributed by atoms with van der Waals surface area (Å²) < 4.78 is 15.3. The van der Waals surface area contributed by atoms with Crippen molar-refractivity contribution in [3.63, 3.8) is 0 Å². The molecular weight excluding hydrogens is 393 g/mol. The highest BCUT2D eigenvalue weighted by Gasteiger charge is 2.15. The number of benzene rings is 1. The number of nitrogens with two attached hydrogens (primary N) is 1. The highest BCUT2D eigenvalue weighted by molar-refractivity contribution is 6.33. The van der Waals surface area contributed by atoms with Gasteiger partial charge < -0.3 is 20.5 Å². The van der Waals surface area contributed by atoms with Crippen molar-refractivity contribution < 1.29 is 4.39 Å². The molecule has 0 aliphatic heterocycles. The van der Waals surface area contributed by atoms with Gasteiger partial charge in [0.15, 0.2) is 0 Å². The Labute approximate surface area is 174 Å². The molecule has 154 valence electrons. The molecule has 6 nitrogen and oxygen atoms in total. The van der Waals surface area contributed by atoms with Crippen LogP contribution >= 0.6 is 11.6 Å². The minimum Gasteiger partial charge on any atom is -0.396 e. The van der Waals surface area contributed by atoms with Crippen LogP contribution in [0.15, 0.2) is 35.3 Å². The van der Waals surface area contributed by atoms with Crippen molar-refractivity contribution in [2.75, 3.05) is 38.2 Å². The normalized spacial score (nSPS) is 11.4. The number of aryl methyl sites for hydroxylation is 1. The third-order valence-corrected chi connectivity index (χ3v) is 5.07. The number of hydrogen-bond donors (Lipinski definition) is 2. The summed E-state index contributed by atoms with van der Waals surface area (Å²) >= 11 is 6.20. The van der Waals surface area contributed by atoms with E-state index in [4.69, 9.17) is 17.3 Å². The average Bonchev–Trinajstić information content (AvgIpc) is 2.68. The summed E-state index contributed by atoms with van der Waals surface area (Å²) in [5, 5.41) is 4.23. The lowest BCUT2D eigenvalue weighted by atomic mass is 10.0. The summed E-state index contributed by atoms with van der Waals surface area (Å²) in [4.78, 5) is 19.7. The number of nitrogens with one attached hydrogen (secondary N) is 1. The van der Waals surface area contributed by atoms with Gasteiger partial charge in [-0.05, 0) is 52.2 Å². The van der Waals surface area contributed by atoms with Gasteiger partial charge in [-0.15, -0.1) is 0 Å². The molecule has 0 unspecified atom stereocenters. The molecule has 0 bridgehead atoms. The lowest BCUT2D eigenvalue weighted by Crippen LogP contribution is -2.22. The molecule has 3 rings (SSSR count). The maximum absolute atomic E-state index is 13.7. The molecule has 2 aromatic heterocycles. The quantitative estimate of drug-likeness (QED) is 0.451. The predicted octanol–water partition coefficient (Wildman–Crippen LogP) is 3.82. The Morgan fingerprint density at radius 1 is 1.24 bits per heavy atom. The third-order valence-electron chi connectivity index (χ3n) is 4.76. The fourth-order valence-electron chi connectivity index (χ4n) is 3.26. The number of aromatic nitrogens is 2. The standard InChI is InChI=1S/C21H25ClFN5O/c1-4-28-19-11-20(25-6-5-7-27(2)3)26-12-13(19)8-15(21(28)29)14-9-18(24)17(23)10-16(14)22/h8-12H,4-7,24H2,1-3H3,(H,25,26). The van der Waals surface area contributed by atoms with Gasteiger partial charge in [-0.3, -0.25) is 4.79 Å². The molecule has 0 aliphatic rings. The van der Waals surface area contributed by atoms with Crippen molar-refractivity contribution >= 4 is 34.0 Å². The second-order valence-electron chi connectivity index (χ2n) is 7.17. The van der Waals surface area contributed by atoms with Crippen molar-refractivity contribution in [3.05, 3.63) is 51.7 Å². The molecule has 8 heteroatoms. The van der Waals surface area contributed by atoms with Crippen molar-refractivity contribution in [3.8, 4) is 11.1 Å². The number of nitrogens with zero attached hydrogens (tertiary/aromatic N) is 3. The highest BCUT2D eigenvalue weighted by Crippen LogP contribution is 2.31. The van der Waals surface area contributed by atoms with Gasteiger partial charge in [0.05, 0.1) is 16.2 Å². The van der Waals surface area contributed by atoms with E-state index in [0.29, 0.717) is 17.7 Å². The van der Waals surface area contributed by atoms with Crippen LogP contribution < -0.4 is 16.6 Å². The van der Waals surface area contributed by atoms with Crippen LogP contribution in [0.3, 0.4) is 0 Å². The first-order valence-electron chi connectivity index (χ1n) is 9.49. The van der Waals surface area contributed by atoms with Gasteiger partial charge in [0.25, 0.3) is 5.56 Å². The highest BCUT2D eigenvalue weighted by atomic mass is 35.5. The van der Waals surface area contributed by atoms with Crippen LogP contribution in [0.5, 0.6) is 0 Å². The largest absolute Gasteiger partial charge is 0.396 e. The summed E-state index contributed by atoms with van der Waals surface area (Å²) in [5.74, 6) is 0.108. The summed E-state index contributed by atoms with van der Waals surface area (Å²) in [7, 11) is 4.07. The van der Waals surface area contributed by atoms with Crippen LogP contribution in [0.25, 0.3) is 22.0 Å². The number of nitrogen functional groups attached to an aromatic ring is 1. The summed E-state index contributed by atoms with van der Waals surface area (Å²) in [6, 6.07) is 6.13. The van der Waals surface area contributed by atoms with Gasteiger partial charge in [-0.25, -0.2) is 9.37 Å². The molecule has 1 aromatic carbocycles. The SMILES string of the molecule is CCn1c(=O)c(-c2cc(N)c(F)cc2Cl)cc2cnc(NCCCN(C)C)cc21. The Kier molecular flexibility index (Phi) is 6.39. The zero-order valence-corrected chi connectivity index (χ0v) is 17.6. The third kappa shape index (κ3) is 4.52. The topological polar surface area (TPSA) is 76.2 Å². The maximum atomic E-state index is 13.7. The van der Waals surface area contributed by atoms with Crippen molar-refractivity contribution in [1.82, 2.24) is 14.5 Å². The van der Waals surface area contributed by atoms with Crippen molar-refractivity contribution in [1.29, 1.82) is 0 Å². The van der Waals surface area contributed by atoms with Gasteiger partial charge in [-0.2, -0.15) is 0 Å². The Bertz CT molecular complexity index is 1100. The van der Waals surface area contributed by atoms with Gasteiger partial charge in [-0.1, -0.05) is 11.6 Å². The Morgan fingerprint density at radius 2 is 2.00 bits per heavy atom. The number of rotatable bonds is 7. The lowest BCUT2D eigenvalue weighted by Gasteiger charge is -2.14. The number of anilines is 2. The molecule has 3 N–H and O–H groups in total. The molecule has 0 spiro atoms. The van der Waals surface area contributed by atoms with E-state index in [-0.39, 0.29) is 16.3 Å². The van der Waals surface area contributed by atoms with E-state index >= 15 is 0 Å². The number of fused-ring (bicyclic) bond motifs is 1. The molecule has 0 saturated carbocycles. The van der Waals surface area contributed by atoms with Crippen LogP contribution in [-0.4, -0.2) is 41.6 Å². The van der Waals surface area contributed by atoms with E-state index in [1.165, 1.54) is 6.07 Å². The first-order chi connectivity index (χ1) is 13.8. The van der Waals surface area contributed by atoms with Crippen LogP contribution in [0.2, 0.25) is 5.02 Å². The van der Waals surface area contributed by atoms with E-state index < -0.39 is 5.82 Å². The Hall–Kier alpha value is -2.64. The van der Waals surface area contributed by atoms with E-state index in [2.05, 4.69) is 15.2 Å². The molecule has 0 aliphatic carbocycles. The predicted molar refractivity (Wildman–Crippen MR) is 118 cm³/mol. The number of pyridine rings is 2. The van der Waals surface area contributed by atoms with Crippen LogP contribution in [0.1, 0.15) is 13.3 Å². The summed E-state index contributed by atoms with van der Waals surface area (Å²) in [5.41, 5.74) is 6.98. The summed E-state index contributed by atoms with van der Waals surface area (Å²) in [6.45, 7) is 4.14. The van der Waals surface area contributed by atoms with E-state index in [1.54, 1.807) is 16.8 Å². The van der Waals surface area contributed by atoms with Crippen LogP contribution in [-0.2, 0) is 6.54 Å². The first kappa shape index (κ1) is 21.1. The van der Waals surface area contributed by atoms with Gasteiger partial charge >= 0.3 is 0 Å². The minimum absolute atomic E-state index is 0.0534. The van der Waals surface area contributed by atoms with Crippen molar-refractivity contribution in [2.45, 2.75) is 19.9 Å². The average molecular weight is 418 g/mol. The van der Waals surface area contributed by atoms with Crippen molar-refractivity contribution in [2.24, 2.45) is 0 Å². The fraction of sp³-hybridized carbons (Fsp3) is 0.333. The maximum Gasteiger partial charge on any atom is 0.258 e. The zero-order valence-electron chi connectivity index (χ0n) is 16.8. The first-order valence-corrected chi connectivity index (χ1v) is 9.86. The molecule has 2 heterocycles. The van der Waals surface area contributed by atoms with E-state index in [1.807, 2.05) is 27.1 Å². The lowest BCUT2D eigenvalue weighted by molar-refractivity contribution is 0.405. The second-order valence-corrected chi connectivity index (χ2v) is 7.58.